The van der Waals surface area contributed by atoms with Crippen molar-refractivity contribution in [1.29, 1.82) is 0 Å². The van der Waals surface area contributed by atoms with E-state index < -0.39 is 0 Å². The predicted molar refractivity (Wildman–Crippen MR) is 149 cm³/mol. The van der Waals surface area contributed by atoms with Crippen molar-refractivity contribution in [1.82, 2.24) is 19.9 Å². The number of halogens is 1. The fourth-order valence-electron chi connectivity index (χ4n) is 4.62. The summed E-state index contributed by atoms with van der Waals surface area (Å²) in [6.07, 6.45) is 6.96. The molecule has 1 amide bonds. The van der Waals surface area contributed by atoms with E-state index in [1.165, 1.54) is 4.90 Å². The van der Waals surface area contributed by atoms with Crippen LogP contribution in [0.25, 0.3) is 10.8 Å². The fraction of sp³-hybridized carbons (Fsp3) is 0.481. The molecule has 5 rings (SSSR count). The van der Waals surface area contributed by atoms with Gasteiger partial charge in [-0.05, 0) is 49.3 Å². The number of anilines is 2. The summed E-state index contributed by atoms with van der Waals surface area (Å²) in [5.41, 5.74) is 0. The molecule has 1 aliphatic heterocycles. The van der Waals surface area contributed by atoms with Crippen molar-refractivity contribution in [3.8, 4) is 11.6 Å². The predicted octanol–water partition coefficient (Wildman–Crippen LogP) is 3.89. The number of carbonyl (C=O) groups is 1. The molecule has 0 bridgehead atoms. The Labute approximate surface area is 230 Å². The van der Waals surface area contributed by atoms with Crippen LogP contribution in [0.15, 0.2) is 41.1 Å². The number of amides is 1. The molecular formula is C27H33BrN6O4. The summed E-state index contributed by atoms with van der Waals surface area (Å²) in [5, 5.41) is 5.55. The zero-order valence-electron chi connectivity index (χ0n) is 21.7. The van der Waals surface area contributed by atoms with E-state index in [1.807, 2.05) is 0 Å². The van der Waals surface area contributed by atoms with E-state index in [0.29, 0.717) is 30.8 Å². The van der Waals surface area contributed by atoms with Crippen molar-refractivity contribution >= 4 is 44.4 Å². The van der Waals surface area contributed by atoms with Gasteiger partial charge in [-0.15, -0.1) is 0 Å². The molecule has 1 saturated carbocycles. The topological polar surface area (TPSA) is 102 Å². The minimum absolute atomic E-state index is 0.0381. The summed E-state index contributed by atoms with van der Waals surface area (Å²) in [6.45, 7) is 3.04. The van der Waals surface area contributed by atoms with Gasteiger partial charge in [0.05, 0.1) is 25.6 Å². The summed E-state index contributed by atoms with van der Waals surface area (Å²) in [5.74, 6) is 2.53. The van der Waals surface area contributed by atoms with Gasteiger partial charge in [-0.1, -0.05) is 22.0 Å². The number of carbonyl (C=O) groups excluding carboxylic acids is 1. The van der Waals surface area contributed by atoms with Crippen LogP contribution in [0.4, 0.5) is 11.8 Å². The molecule has 10 nitrogen and oxygen atoms in total. The second-order valence-electron chi connectivity index (χ2n) is 9.81. The van der Waals surface area contributed by atoms with Gasteiger partial charge in [-0.2, -0.15) is 4.98 Å². The lowest BCUT2D eigenvalue weighted by Crippen LogP contribution is -2.37. The number of fused-ring (bicyclic) bond motifs is 1. The van der Waals surface area contributed by atoms with Crippen molar-refractivity contribution < 1.29 is 19.0 Å². The Hall–Kier alpha value is -3.18. The highest BCUT2D eigenvalue weighted by Crippen LogP contribution is 2.33. The van der Waals surface area contributed by atoms with Gasteiger partial charge in [-0.25, -0.2) is 9.97 Å². The Balaban J connectivity index is 1.18. The second kappa shape index (κ2) is 12.1. The summed E-state index contributed by atoms with van der Waals surface area (Å²) in [7, 11) is 3.38. The second-order valence-corrected chi connectivity index (χ2v) is 10.7. The molecule has 1 aromatic carbocycles. The highest BCUT2D eigenvalue weighted by atomic mass is 79.9. The minimum Gasteiger partial charge on any atom is -0.481 e. The third kappa shape index (κ3) is 6.63. The third-order valence-corrected chi connectivity index (χ3v) is 7.35. The van der Waals surface area contributed by atoms with Crippen molar-refractivity contribution in [2.24, 2.45) is 0 Å². The zero-order chi connectivity index (χ0) is 26.5. The molecule has 2 aromatic heterocycles. The first-order valence-electron chi connectivity index (χ1n) is 13.0. The number of aromatic nitrogens is 3. The number of ether oxygens (including phenoxy) is 3. The standard InChI is InChI=1S/C27H33BrN6O4/c1-33(2)25(35)17-37-22-15-29-27(30-16-22)31-20-5-7-21(8-6-20)38-26-23-14-19(28)4-3-18(23)13-24(32-26)34-9-11-36-12-10-34/h3-4,13-16,20-21H,5-12,17H2,1-2H3,(H,29,30,31)/t20-,21+. The van der Waals surface area contributed by atoms with E-state index in [1.54, 1.807) is 26.5 Å². The van der Waals surface area contributed by atoms with E-state index in [9.17, 15) is 4.79 Å². The number of morpholine rings is 1. The molecule has 3 aromatic rings. The molecule has 202 valence electrons. The van der Waals surface area contributed by atoms with Crippen LogP contribution in [0.5, 0.6) is 11.6 Å². The lowest BCUT2D eigenvalue weighted by molar-refractivity contribution is -0.130. The first-order valence-corrected chi connectivity index (χ1v) is 13.7. The Morgan fingerprint density at radius 2 is 1.87 bits per heavy atom. The van der Waals surface area contributed by atoms with E-state index >= 15 is 0 Å². The Bertz CT molecular complexity index is 1240. The average molecular weight is 586 g/mol. The maximum Gasteiger partial charge on any atom is 0.259 e. The Morgan fingerprint density at radius 3 is 2.58 bits per heavy atom. The first-order chi connectivity index (χ1) is 18.4. The highest BCUT2D eigenvalue weighted by molar-refractivity contribution is 9.10. The SMILES string of the molecule is CN(C)C(=O)COc1cnc(N[C@H]2CC[C@@H](Oc3nc(N4CCOCC4)cc4ccc(Br)cc34)CC2)nc1. The number of benzene rings is 1. The van der Waals surface area contributed by atoms with E-state index in [2.05, 4.69) is 60.4 Å². The van der Waals surface area contributed by atoms with Crippen LogP contribution in [0.2, 0.25) is 0 Å². The van der Waals surface area contributed by atoms with E-state index in [-0.39, 0.29) is 24.7 Å². The molecule has 2 fully saturated rings. The van der Waals surface area contributed by atoms with Crippen molar-refractivity contribution in [2.45, 2.75) is 37.8 Å². The number of hydrogen-bond donors (Lipinski definition) is 1. The molecule has 11 heteroatoms. The van der Waals surface area contributed by atoms with Gasteiger partial charge >= 0.3 is 0 Å². The van der Waals surface area contributed by atoms with Gasteiger partial charge in [0, 0.05) is 43.1 Å². The maximum atomic E-state index is 11.7. The third-order valence-electron chi connectivity index (χ3n) is 6.86. The Morgan fingerprint density at radius 1 is 1.13 bits per heavy atom. The number of hydrogen-bond acceptors (Lipinski definition) is 9. The van der Waals surface area contributed by atoms with Crippen molar-refractivity contribution in [2.75, 3.05) is 57.2 Å². The maximum absolute atomic E-state index is 11.7. The molecule has 0 atom stereocenters. The molecule has 0 unspecified atom stereocenters. The molecule has 0 spiro atoms. The summed E-state index contributed by atoms with van der Waals surface area (Å²) in [4.78, 5) is 29.1. The number of nitrogens with zero attached hydrogens (tertiary/aromatic N) is 5. The van der Waals surface area contributed by atoms with Gasteiger partial charge < -0.3 is 29.3 Å². The molecule has 1 aliphatic carbocycles. The fourth-order valence-corrected chi connectivity index (χ4v) is 4.99. The van der Waals surface area contributed by atoms with Crippen LogP contribution in [-0.4, -0.2) is 84.9 Å². The molecule has 1 saturated heterocycles. The number of likely N-dealkylation sites (N-methyl/N-ethyl adjacent to an activating group) is 1. The van der Waals surface area contributed by atoms with E-state index in [0.717, 1.165) is 59.8 Å². The van der Waals surface area contributed by atoms with Crippen LogP contribution in [-0.2, 0) is 9.53 Å². The van der Waals surface area contributed by atoms with Gasteiger partial charge in [0.25, 0.3) is 5.91 Å². The quantitative estimate of drug-likeness (QED) is 0.422. The van der Waals surface area contributed by atoms with Gasteiger partial charge in [0.15, 0.2) is 12.4 Å². The lowest BCUT2D eigenvalue weighted by Gasteiger charge is -2.31. The smallest absolute Gasteiger partial charge is 0.259 e. The molecule has 3 heterocycles. The molecule has 1 N–H and O–H groups in total. The number of pyridine rings is 1. The van der Waals surface area contributed by atoms with Crippen LogP contribution >= 0.6 is 15.9 Å². The van der Waals surface area contributed by atoms with Crippen LogP contribution < -0.4 is 19.7 Å². The Kier molecular flexibility index (Phi) is 8.43. The summed E-state index contributed by atoms with van der Waals surface area (Å²) < 4.78 is 18.5. The minimum atomic E-state index is -0.116. The number of rotatable bonds is 8. The van der Waals surface area contributed by atoms with Crippen LogP contribution in [0, 0.1) is 0 Å². The van der Waals surface area contributed by atoms with Gasteiger partial charge in [-0.3, -0.25) is 4.79 Å². The molecular weight excluding hydrogens is 552 g/mol. The largest absolute Gasteiger partial charge is 0.481 e. The highest BCUT2D eigenvalue weighted by Gasteiger charge is 2.25. The number of nitrogens with one attached hydrogen (secondary N) is 1. The summed E-state index contributed by atoms with van der Waals surface area (Å²) in [6, 6.07) is 8.63. The molecule has 0 radical (unpaired) electrons. The molecule has 38 heavy (non-hydrogen) atoms. The van der Waals surface area contributed by atoms with Crippen molar-refractivity contribution in [3.63, 3.8) is 0 Å². The normalized spacial score (nSPS) is 19.7. The van der Waals surface area contributed by atoms with Gasteiger partial charge in [0.2, 0.25) is 11.8 Å². The van der Waals surface area contributed by atoms with Gasteiger partial charge in [0.1, 0.15) is 11.9 Å². The average Bonchev–Trinajstić information content (AvgIpc) is 2.94. The zero-order valence-corrected chi connectivity index (χ0v) is 23.3. The van der Waals surface area contributed by atoms with Crippen LogP contribution in [0.1, 0.15) is 25.7 Å². The first kappa shape index (κ1) is 26.4. The lowest BCUT2D eigenvalue weighted by atomic mass is 9.93. The van der Waals surface area contributed by atoms with Crippen molar-refractivity contribution in [3.05, 3.63) is 41.1 Å². The van der Waals surface area contributed by atoms with E-state index in [4.69, 9.17) is 19.2 Å². The molecule has 2 aliphatic rings. The summed E-state index contributed by atoms with van der Waals surface area (Å²) >= 11 is 3.60. The van der Waals surface area contributed by atoms with Crippen LogP contribution in [0.3, 0.4) is 0 Å². The monoisotopic (exact) mass is 584 g/mol.